The Morgan fingerprint density at radius 1 is 1.48 bits per heavy atom. The summed E-state index contributed by atoms with van der Waals surface area (Å²) in [4.78, 5) is 24.7. The summed E-state index contributed by atoms with van der Waals surface area (Å²) in [7, 11) is 0. The van der Waals surface area contributed by atoms with Crippen LogP contribution in [-0.4, -0.2) is 23.4 Å². The van der Waals surface area contributed by atoms with Gasteiger partial charge in [0.2, 0.25) is 5.91 Å². The molecular formula is C17H16N4O4. The first-order valence-electron chi connectivity index (χ1n) is 7.85. The molecule has 25 heavy (non-hydrogen) atoms. The number of carbonyl (C=O) groups is 1. The summed E-state index contributed by atoms with van der Waals surface area (Å²) in [5, 5.41) is 23.0. The molecule has 1 aromatic carbocycles. The number of nitrogens with zero attached hydrogens (tertiary/aromatic N) is 3. The van der Waals surface area contributed by atoms with Crippen molar-refractivity contribution in [1.29, 1.82) is 5.26 Å². The van der Waals surface area contributed by atoms with Crippen molar-refractivity contribution in [3.8, 4) is 6.07 Å². The summed E-state index contributed by atoms with van der Waals surface area (Å²) in [6.45, 7) is 0.910. The Morgan fingerprint density at radius 3 is 3.00 bits per heavy atom. The average molecular weight is 340 g/mol. The Balaban J connectivity index is 1.78. The second kappa shape index (κ2) is 7.05. The largest absolute Gasteiger partial charge is 0.467 e. The third kappa shape index (κ3) is 3.45. The second-order valence-corrected chi connectivity index (χ2v) is 5.72. The number of furan rings is 1. The molecule has 3 rings (SSSR count). The van der Waals surface area contributed by atoms with E-state index in [1.807, 2.05) is 11.0 Å². The number of non-ortho nitro benzene ring substituents is 1. The van der Waals surface area contributed by atoms with Gasteiger partial charge in [-0.25, -0.2) is 0 Å². The summed E-state index contributed by atoms with van der Waals surface area (Å²) >= 11 is 0. The highest BCUT2D eigenvalue weighted by Crippen LogP contribution is 2.31. The molecule has 1 atom stereocenters. The molecule has 8 heteroatoms. The van der Waals surface area contributed by atoms with Crippen molar-refractivity contribution in [2.45, 2.75) is 25.4 Å². The molecule has 1 aliphatic heterocycles. The van der Waals surface area contributed by atoms with Crippen LogP contribution in [0.4, 0.5) is 11.4 Å². The summed E-state index contributed by atoms with van der Waals surface area (Å²) in [5.74, 6) is 0.502. The van der Waals surface area contributed by atoms with Gasteiger partial charge in [0.05, 0.1) is 29.0 Å². The number of benzene rings is 1. The van der Waals surface area contributed by atoms with Crippen LogP contribution in [0.15, 0.2) is 41.0 Å². The lowest BCUT2D eigenvalue weighted by molar-refractivity contribution is -0.384. The van der Waals surface area contributed by atoms with Gasteiger partial charge in [-0.2, -0.15) is 5.26 Å². The van der Waals surface area contributed by atoms with Gasteiger partial charge < -0.3 is 14.6 Å². The Morgan fingerprint density at radius 2 is 2.32 bits per heavy atom. The quantitative estimate of drug-likeness (QED) is 0.660. The zero-order valence-corrected chi connectivity index (χ0v) is 13.3. The van der Waals surface area contributed by atoms with E-state index in [0.717, 1.165) is 6.42 Å². The Hall–Kier alpha value is -3.34. The maximum atomic E-state index is 12.5. The fraction of sp³-hybridized carbons (Fsp3) is 0.294. The molecule has 2 heterocycles. The molecule has 0 spiro atoms. The van der Waals surface area contributed by atoms with Crippen molar-refractivity contribution in [2.75, 3.05) is 11.4 Å². The molecule has 2 aromatic rings. The zero-order chi connectivity index (χ0) is 17.8. The molecule has 0 bridgehead atoms. The minimum Gasteiger partial charge on any atom is -0.467 e. The van der Waals surface area contributed by atoms with Crippen LogP contribution >= 0.6 is 0 Å². The van der Waals surface area contributed by atoms with E-state index < -0.39 is 11.0 Å². The maximum Gasteiger partial charge on any atom is 0.270 e. The predicted octanol–water partition coefficient (Wildman–Crippen LogP) is 2.34. The first kappa shape index (κ1) is 16.5. The van der Waals surface area contributed by atoms with Gasteiger partial charge in [-0.1, -0.05) is 0 Å². The molecule has 1 N–H and O–H groups in total. The molecule has 0 unspecified atom stereocenters. The van der Waals surface area contributed by atoms with Crippen LogP contribution in [-0.2, 0) is 11.3 Å². The minimum absolute atomic E-state index is 0.140. The van der Waals surface area contributed by atoms with E-state index in [9.17, 15) is 20.2 Å². The van der Waals surface area contributed by atoms with Crippen molar-refractivity contribution in [3.05, 3.63) is 58.0 Å². The van der Waals surface area contributed by atoms with E-state index in [1.54, 1.807) is 18.4 Å². The summed E-state index contributed by atoms with van der Waals surface area (Å²) in [5.41, 5.74) is 0.599. The van der Waals surface area contributed by atoms with Crippen LogP contribution < -0.4 is 10.2 Å². The highest BCUT2D eigenvalue weighted by Gasteiger charge is 2.32. The van der Waals surface area contributed by atoms with E-state index in [4.69, 9.17) is 4.42 Å². The third-order valence-corrected chi connectivity index (χ3v) is 4.19. The van der Waals surface area contributed by atoms with Crippen LogP contribution in [0.2, 0.25) is 0 Å². The summed E-state index contributed by atoms with van der Waals surface area (Å²) in [6.07, 6.45) is 3.01. The number of nitriles is 1. The van der Waals surface area contributed by atoms with Crippen LogP contribution in [0.1, 0.15) is 24.2 Å². The fourth-order valence-electron chi connectivity index (χ4n) is 3.01. The first-order valence-corrected chi connectivity index (χ1v) is 7.85. The molecule has 128 valence electrons. The number of hydrogen-bond donors (Lipinski definition) is 1. The Labute approximate surface area is 143 Å². The van der Waals surface area contributed by atoms with Crippen LogP contribution in [0.25, 0.3) is 0 Å². The monoisotopic (exact) mass is 340 g/mol. The predicted molar refractivity (Wildman–Crippen MR) is 88.7 cm³/mol. The molecule has 1 saturated heterocycles. The van der Waals surface area contributed by atoms with E-state index >= 15 is 0 Å². The molecule has 0 saturated carbocycles. The number of nitro benzene ring substituents is 1. The third-order valence-electron chi connectivity index (χ3n) is 4.19. The molecular weight excluding hydrogens is 324 g/mol. The minimum atomic E-state index is -0.540. The maximum absolute atomic E-state index is 12.5. The summed E-state index contributed by atoms with van der Waals surface area (Å²) in [6, 6.07) is 9.23. The van der Waals surface area contributed by atoms with E-state index in [2.05, 4.69) is 5.32 Å². The number of amides is 1. The molecule has 1 aliphatic rings. The van der Waals surface area contributed by atoms with Gasteiger partial charge in [0.1, 0.15) is 17.9 Å². The lowest BCUT2D eigenvalue weighted by Crippen LogP contribution is -2.43. The van der Waals surface area contributed by atoms with Gasteiger partial charge >= 0.3 is 0 Å². The molecule has 1 amide bonds. The van der Waals surface area contributed by atoms with Crippen LogP contribution in [0.3, 0.4) is 0 Å². The number of rotatable bonds is 5. The van der Waals surface area contributed by atoms with Crippen molar-refractivity contribution < 1.29 is 14.1 Å². The van der Waals surface area contributed by atoms with E-state index in [-0.39, 0.29) is 17.2 Å². The Bertz CT molecular complexity index is 826. The average Bonchev–Trinajstić information content (AvgIpc) is 3.30. The smallest absolute Gasteiger partial charge is 0.270 e. The van der Waals surface area contributed by atoms with Crippen LogP contribution in [0, 0.1) is 21.4 Å². The SMILES string of the molecule is N#Cc1cc([N+](=O)[O-])ccc1N1CCC[C@@H]1C(=O)NCc1ccco1. The van der Waals surface area contributed by atoms with Crippen LogP contribution in [0.5, 0.6) is 0 Å². The van der Waals surface area contributed by atoms with Gasteiger partial charge in [-0.05, 0) is 31.0 Å². The number of hydrogen-bond acceptors (Lipinski definition) is 6. The lowest BCUT2D eigenvalue weighted by Gasteiger charge is -2.26. The van der Waals surface area contributed by atoms with Crippen molar-refractivity contribution in [3.63, 3.8) is 0 Å². The van der Waals surface area contributed by atoms with Crippen molar-refractivity contribution in [2.24, 2.45) is 0 Å². The highest BCUT2D eigenvalue weighted by molar-refractivity contribution is 5.86. The second-order valence-electron chi connectivity index (χ2n) is 5.72. The highest BCUT2D eigenvalue weighted by atomic mass is 16.6. The lowest BCUT2D eigenvalue weighted by atomic mass is 10.1. The standard InChI is InChI=1S/C17H16N4O4/c18-10-12-9-13(21(23)24)5-6-15(12)20-7-1-4-16(20)17(22)19-11-14-3-2-8-25-14/h2-3,5-6,8-9,16H,1,4,7,11H2,(H,19,22)/t16-/m1/s1. The Kier molecular flexibility index (Phi) is 4.66. The van der Waals surface area contributed by atoms with Gasteiger partial charge in [0.25, 0.3) is 5.69 Å². The normalized spacial score (nSPS) is 16.4. The number of anilines is 1. The zero-order valence-electron chi connectivity index (χ0n) is 13.3. The van der Waals surface area contributed by atoms with Crippen molar-refractivity contribution in [1.82, 2.24) is 5.32 Å². The number of carbonyl (C=O) groups excluding carboxylic acids is 1. The van der Waals surface area contributed by atoms with Gasteiger partial charge in [-0.3, -0.25) is 14.9 Å². The van der Waals surface area contributed by atoms with Gasteiger partial charge in [0, 0.05) is 18.7 Å². The van der Waals surface area contributed by atoms with Gasteiger partial charge in [0.15, 0.2) is 0 Å². The number of nitrogens with one attached hydrogen (secondary N) is 1. The molecule has 1 aromatic heterocycles. The molecule has 0 radical (unpaired) electrons. The molecule has 8 nitrogen and oxygen atoms in total. The summed E-state index contributed by atoms with van der Waals surface area (Å²) < 4.78 is 5.19. The van der Waals surface area contributed by atoms with Crippen molar-refractivity contribution >= 4 is 17.3 Å². The molecule has 0 aliphatic carbocycles. The molecule has 1 fully saturated rings. The first-order chi connectivity index (χ1) is 12.1. The van der Waals surface area contributed by atoms with E-state index in [0.29, 0.717) is 31.0 Å². The van der Waals surface area contributed by atoms with E-state index in [1.165, 1.54) is 18.2 Å². The van der Waals surface area contributed by atoms with Gasteiger partial charge in [-0.15, -0.1) is 0 Å². The number of nitro groups is 1. The topological polar surface area (TPSA) is 112 Å². The fourth-order valence-corrected chi connectivity index (χ4v) is 3.01.